The second-order valence-corrected chi connectivity index (χ2v) is 1.29. The summed E-state index contributed by atoms with van der Waals surface area (Å²) in [7, 11) is 0. The Kier molecular flexibility index (Phi) is 0.825. The summed E-state index contributed by atoms with van der Waals surface area (Å²) in [6.07, 6.45) is 3.02. The molecular weight excluding hydrogens is 94.1 g/mol. The number of isothiocyanates is 1. The van der Waals surface area contributed by atoms with Gasteiger partial charge in [-0.15, -0.1) is 0 Å². The molecule has 0 saturated carbocycles. The molecule has 0 radical (unpaired) electrons. The minimum atomic E-state index is 1.02. The fraction of sp³-hybridized carbons (Fsp3) is 0.250. The molecule has 0 aromatic carbocycles. The van der Waals surface area contributed by atoms with Crippen molar-refractivity contribution < 1.29 is 0 Å². The molecule has 0 aromatic rings. The first-order chi connectivity index (χ1) is 2.93. The van der Waals surface area contributed by atoms with Gasteiger partial charge in [-0.2, -0.15) is 4.99 Å². The lowest BCUT2D eigenvalue weighted by atomic mass is 10.8. The topological polar surface area (TPSA) is 12.4 Å². The van der Waals surface area contributed by atoms with Crippen LogP contribution in [0.15, 0.2) is 16.8 Å². The minimum Gasteiger partial charge on any atom is -0.199 e. The zero-order chi connectivity index (χ0) is 4.41. The van der Waals surface area contributed by atoms with E-state index in [0.717, 1.165) is 12.1 Å². The van der Waals surface area contributed by atoms with E-state index in [1.165, 1.54) is 0 Å². The van der Waals surface area contributed by atoms with E-state index >= 15 is 0 Å². The van der Waals surface area contributed by atoms with Crippen LogP contribution in [-0.4, -0.2) is 5.16 Å². The Morgan fingerprint density at radius 1 is 2.00 bits per heavy atom. The fourth-order valence-electron chi connectivity index (χ4n) is 0.196. The van der Waals surface area contributed by atoms with Crippen LogP contribution in [-0.2, 0) is 0 Å². The molecule has 0 aromatic heterocycles. The highest BCUT2D eigenvalue weighted by molar-refractivity contribution is 7.78. The number of rotatable bonds is 1. The van der Waals surface area contributed by atoms with Crippen molar-refractivity contribution in [3.8, 4) is 0 Å². The van der Waals surface area contributed by atoms with Gasteiger partial charge in [0.1, 0.15) is 0 Å². The SMILES string of the molecule is S=C=NC1=CC1. The fourth-order valence-corrected chi connectivity index (χ4v) is 0.313. The average molecular weight is 97.1 g/mol. The second kappa shape index (κ2) is 1.33. The van der Waals surface area contributed by atoms with Crippen LogP contribution >= 0.6 is 12.2 Å². The van der Waals surface area contributed by atoms with E-state index in [1.807, 2.05) is 6.08 Å². The second-order valence-electron chi connectivity index (χ2n) is 1.10. The maximum atomic E-state index is 4.31. The Hall–Kier alpha value is -0.460. The van der Waals surface area contributed by atoms with Crippen molar-refractivity contribution >= 4 is 17.4 Å². The van der Waals surface area contributed by atoms with Crippen molar-refractivity contribution in [1.29, 1.82) is 0 Å². The molecule has 0 heterocycles. The molecule has 1 rings (SSSR count). The zero-order valence-electron chi connectivity index (χ0n) is 3.14. The third-order valence-electron chi connectivity index (χ3n) is 0.576. The third-order valence-corrected chi connectivity index (χ3v) is 0.667. The number of hydrogen-bond donors (Lipinski definition) is 0. The molecule has 0 aliphatic heterocycles. The summed E-state index contributed by atoms with van der Waals surface area (Å²) < 4.78 is 0. The summed E-state index contributed by atoms with van der Waals surface area (Å²) in [5.41, 5.74) is 1.07. The number of hydrogen-bond acceptors (Lipinski definition) is 2. The molecule has 0 spiro atoms. The van der Waals surface area contributed by atoms with E-state index in [9.17, 15) is 0 Å². The van der Waals surface area contributed by atoms with Gasteiger partial charge in [0.2, 0.25) is 0 Å². The molecule has 0 N–H and O–H groups in total. The van der Waals surface area contributed by atoms with Crippen molar-refractivity contribution in [3.05, 3.63) is 11.8 Å². The van der Waals surface area contributed by atoms with E-state index in [2.05, 4.69) is 22.4 Å². The molecule has 30 valence electrons. The van der Waals surface area contributed by atoms with Crippen LogP contribution in [0.5, 0.6) is 0 Å². The first kappa shape index (κ1) is 3.72. The van der Waals surface area contributed by atoms with Crippen LogP contribution in [0, 0.1) is 0 Å². The summed E-state index contributed by atoms with van der Waals surface area (Å²) in [6, 6.07) is 0. The highest BCUT2D eigenvalue weighted by Crippen LogP contribution is 2.17. The maximum absolute atomic E-state index is 4.31. The molecule has 1 nitrogen and oxygen atoms in total. The van der Waals surface area contributed by atoms with Gasteiger partial charge in [-0.1, -0.05) is 6.08 Å². The van der Waals surface area contributed by atoms with Crippen LogP contribution in [0.25, 0.3) is 0 Å². The minimum absolute atomic E-state index is 1.02. The van der Waals surface area contributed by atoms with Crippen LogP contribution in [0.1, 0.15) is 6.42 Å². The maximum Gasteiger partial charge on any atom is 0.0637 e. The lowest BCUT2D eigenvalue weighted by Gasteiger charge is -1.58. The van der Waals surface area contributed by atoms with Crippen molar-refractivity contribution in [2.75, 3.05) is 0 Å². The van der Waals surface area contributed by atoms with Crippen LogP contribution in [0.3, 0.4) is 0 Å². The Morgan fingerprint density at radius 2 is 2.67 bits per heavy atom. The molecular formula is C4H3NS. The van der Waals surface area contributed by atoms with Gasteiger partial charge in [0.15, 0.2) is 0 Å². The van der Waals surface area contributed by atoms with Crippen LogP contribution < -0.4 is 0 Å². The Labute approximate surface area is 41.4 Å². The lowest BCUT2D eigenvalue weighted by molar-refractivity contribution is 1.41. The highest BCUT2D eigenvalue weighted by Gasteiger charge is 2.01. The van der Waals surface area contributed by atoms with E-state index < -0.39 is 0 Å². The predicted molar refractivity (Wildman–Crippen MR) is 27.7 cm³/mol. The van der Waals surface area contributed by atoms with Crippen LogP contribution in [0.4, 0.5) is 0 Å². The van der Waals surface area contributed by atoms with Gasteiger partial charge in [-0.3, -0.25) is 0 Å². The zero-order valence-corrected chi connectivity index (χ0v) is 3.96. The molecule has 1 aliphatic rings. The summed E-state index contributed by atoms with van der Waals surface area (Å²) in [5.74, 6) is 0. The van der Waals surface area contributed by atoms with E-state index in [4.69, 9.17) is 0 Å². The lowest BCUT2D eigenvalue weighted by Crippen LogP contribution is -1.43. The normalized spacial score (nSPS) is 15.0. The molecule has 0 unspecified atom stereocenters. The molecule has 0 saturated heterocycles. The summed E-state index contributed by atoms with van der Waals surface area (Å²) in [5, 5.41) is 2.27. The number of nitrogens with zero attached hydrogens (tertiary/aromatic N) is 1. The van der Waals surface area contributed by atoms with Crippen molar-refractivity contribution in [1.82, 2.24) is 0 Å². The summed E-state index contributed by atoms with van der Waals surface area (Å²) in [4.78, 5) is 3.66. The van der Waals surface area contributed by atoms with Gasteiger partial charge in [-0.05, 0) is 12.2 Å². The van der Waals surface area contributed by atoms with Crippen molar-refractivity contribution in [2.24, 2.45) is 4.99 Å². The molecule has 0 amide bonds. The number of thiocarbonyl (C=S) groups is 1. The van der Waals surface area contributed by atoms with E-state index in [0.29, 0.717) is 0 Å². The van der Waals surface area contributed by atoms with Gasteiger partial charge in [0.05, 0.1) is 10.9 Å². The Morgan fingerprint density at radius 3 is 2.83 bits per heavy atom. The monoisotopic (exact) mass is 97.0 g/mol. The van der Waals surface area contributed by atoms with Crippen molar-refractivity contribution in [2.45, 2.75) is 6.42 Å². The number of aliphatic imine (C=N–C) groups is 1. The predicted octanol–water partition coefficient (Wildman–Crippen LogP) is 1.38. The van der Waals surface area contributed by atoms with E-state index in [1.54, 1.807) is 0 Å². The largest absolute Gasteiger partial charge is 0.199 e. The summed E-state index contributed by atoms with van der Waals surface area (Å²) >= 11 is 4.31. The molecule has 6 heavy (non-hydrogen) atoms. The van der Waals surface area contributed by atoms with Crippen LogP contribution in [0.2, 0.25) is 0 Å². The van der Waals surface area contributed by atoms with Crippen molar-refractivity contribution in [3.63, 3.8) is 0 Å². The van der Waals surface area contributed by atoms with Gasteiger partial charge in [0, 0.05) is 6.42 Å². The Bertz CT molecular complexity index is 130. The first-order valence-corrected chi connectivity index (χ1v) is 2.11. The third kappa shape index (κ3) is 0.744. The van der Waals surface area contributed by atoms with E-state index in [-0.39, 0.29) is 0 Å². The van der Waals surface area contributed by atoms with Gasteiger partial charge >= 0.3 is 0 Å². The quantitative estimate of drug-likeness (QED) is 0.355. The molecule has 2 heteroatoms. The summed E-state index contributed by atoms with van der Waals surface area (Å²) in [6.45, 7) is 0. The average Bonchev–Trinajstić information content (AvgIpc) is 2.21. The Balaban J connectivity index is 2.54. The molecule has 1 aliphatic carbocycles. The molecule has 0 fully saturated rings. The highest BCUT2D eigenvalue weighted by atomic mass is 32.1. The van der Waals surface area contributed by atoms with Gasteiger partial charge in [-0.25, -0.2) is 0 Å². The molecule has 0 atom stereocenters. The van der Waals surface area contributed by atoms with Gasteiger partial charge < -0.3 is 0 Å². The molecule has 0 bridgehead atoms. The standard InChI is InChI=1S/C4H3NS/c6-3-5-4-1-2-4/h1H,2H2. The first-order valence-electron chi connectivity index (χ1n) is 1.70. The van der Waals surface area contributed by atoms with Gasteiger partial charge in [0.25, 0.3) is 0 Å². The number of allylic oxidation sites excluding steroid dienone is 2. The smallest absolute Gasteiger partial charge is 0.0637 e.